The zero-order valence-electron chi connectivity index (χ0n) is 11.3. The summed E-state index contributed by atoms with van der Waals surface area (Å²) >= 11 is 0. The molecule has 0 bridgehead atoms. The summed E-state index contributed by atoms with van der Waals surface area (Å²) in [6, 6.07) is 4.55. The lowest BCUT2D eigenvalue weighted by Crippen LogP contribution is -2.57. The van der Waals surface area contributed by atoms with E-state index in [-0.39, 0.29) is 5.69 Å². The molecule has 1 aromatic carbocycles. The van der Waals surface area contributed by atoms with Crippen molar-refractivity contribution in [2.45, 2.75) is 24.9 Å². The molecule has 2 amide bonds. The van der Waals surface area contributed by atoms with Gasteiger partial charge in [0.15, 0.2) is 0 Å². The first-order valence-electron chi connectivity index (χ1n) is 5.81. The number of hydrogen-bond donors (Lipinski definition) is 2. The van der Waals surface area contributed by atoms with Crippen LogP contribution < -0.4 is 10.6 Å². The summed E-state index contributed by atoms with van der Waals surface area (Å²) in [6.45, 7) is 1.03. The largest absolute Gasteiger partial charge is 0.460 e. The Balaban J connectivity index is 3.11. The summed E-state index contributed by atoms with van der Waals surface area (Å²) in [5, 5.41) is 3.34. The topological polar surface area (TPSA) is 58.2 Å². The fourth-order valence-corrected chi connectivity index (χ4v) is 1.41. The van der Waals surface area contributed by atoms with Crippen LogP contribution in [0.4, 0.5) is 42.1 Å². The van der Waals surface area contributed by atoms with Crippen LogP contribution in [-0.2, 0) is 9.59 Å². The first-order chi connectivity index (χ1) is 10.3. The molecule has 23 heavy (non-hydrogen) atoms. The van der Waals surface area contributed by atoms with Gasteiger partial charge in [-0.2, -0.15) is 30.7 Å². The average molecular weight is 346 g/mol. The van der Waals surface area contributed by atoms with Gasteiger partial charge in [0.25, 0.3) is 0 Å². The number of rotatable bonds is 4. The van der Waals surface area contributed by atoms with Crippen LogP contribution in [0.2, 0.25) is 0 Å². The van der Waals surface area contributed by atoms with Crippen molar-refractivity contribution in [3.8, 4) is 0 Å². The minimum atomic E-state index is -6.62. The van der Waals surface area contributed by atoms with Crippen LogP contribution in [0, 0.1) is 0 Å². The van der Waals surface area contributed by atoms with Gasteiger partial charge < -0.3 is 10.6 Å². The van der Waals surface area contributed by atoms with E-state index in [4.69, 9.17) is 0 Å². The van der Waals surface area contributed by atoms with Crippen molar-refractivity contribution >= 4 is 23.2 Å². The van der Waals surface area contributed by atoms with Crippen LogP contribution in [-0.4, -0.2) is 29.8 Å². The van der Waals surface area contributed by atoms with Gasteiger partial charge in [-0.15, -0.1) is 0 Å². The van der Waals surface area contributed by atoms with E-state index in [9.17, 15) is 40.3 Å². The highest BCUT2D eigenvalue weighted by Crippen LogP contribution is 2.47. The van der Waals surface area contributed by atoms with E-state index in [0.717, 1.165) is 19.1 Å². The molecular weight excluding hydrogens is 337 g/mol. The molecule has 0 unspecified atom stereocenters. The molecule has 0 atom stereocenters. The number of amides is 2. The van der Waals surface area contributed by atoms with E-state index < -0.39 is 35.5 Å². The highest BCUT2D eigenvalue weighted by atomic mass is 19.4. The number of hydrogen-bond acceptors (Lipinski definition) is 2. The van der Waals surface area contributed by atoms with Crippen molar-refractivity contribution in [1.82, 2.24) is 0 Å². The van der Waals surface area contributed by atoms with Gasteiger partial charge in [-0.1, -0.05) is 12.1 Å². The van der Waals surface area contributed by atoms with E-state index in [1.165, 1.54) is 17.4 Å². The molecule has 2 N–H and O–H groups in total. The number of carbonyl (C=O) groups excluding carboxylic acids is 2. The number of nitrogens with one attached hydrogen (secondary N) is 2. The van der Waals surface area contributed by atoms with Gasteiger partial charge in [-0.25, -0.2) is 0 Å². The standard InChI is InChI=1S/C12H9F7N2O2/c1-6(22)20-7-4-2-3-5-8(7)21-9(23)10(13,14)11(15,16)12(17,18)19/h2-5H,1H3,(H,20,22)(H,21,23). The molecule has 0 aliphatic rings. The fourth-order valence-electron chi connectivity index (χ4n) is 1.41. The number of anilines is 2. The highest BCUT2D eigenvalue weighted by molar-refractivity contribution is 6.02. The van der Waals surface area contributed by atoms with E-state index >= 15 is 0 Å². The van der Waals surface area contributed by atoms with Gasteiger partial charge in [0.1, 0.15) is 0 Å². The number of para-hydroxylation sites is 2. The number of carbonyl (C=O) groups is 2. The molecule has 4 nitrogen and oxygen atoms in total. The van der Waals surface area contributed by atoms with Crippen molar-refractivity contribution in [1.29, 1.82) is 0 Å². The zero-order valence-corrected chi connectivity index (χ0v) is 11.3. The van der Waals surface area contributed by atoms with Crippen LogP contribution in [0.25, 0.3) is 0 Å². The summed E-state index contributed by atoms with van der Waals surface area (Å²) in [7, 11) is 0. The van der Waals surface area contributed by atoms with Crippen LogP contribution in [0.15, 0.2) is 24.3 Å². The Morgan fingerprint density at radius 1 is 0.870 bits per heavy atom. The quantitative estimate of drug-likeness (QED) is 0.821. The van der Waals surface area contributed by atoms with Crippen molar-refractivity contribution in [3.63, 3.8) is 0 Å². The summed E-state index contributed by atoms with van der Waals surface area (Å²) in [6.07, 6.45) is -6.62. The smallest absolute Gasteiger partial charge is 0.325 e. The molecule has 128 valence electrons. The Labute approximate surface area is 124 Å². The van der Waals surface area contributed by atoms with Gasteiger partial charge in [0, 0.05) is 6.92 Å². The SMILES string of the molecule is CC(=O)Nc1ccccc1NC(=O)C(F)(F)C(F)(F)C(F)(F)F. The molecule has 0 fully saturated rings. The lowest BCUT2D eigenvalue weighted by molar-refractivity contribution is -0.343. The van der Waals surface area contributed by atoms with Crippen molar-refractivity contribution in [3.05, 3.63) is 24.3 Å². The van der Waals surface area contributed by atoms with Gasteiger partial charge in [0.2, 0.25) is 5.91 Å². The summed E-state index contributed by atoms with van der Waals surface area (Å²) in [4.78, 5) is 22.1. The first-order valence-corrected chi connectivity index (χ1v) is 5.81. The lowest BCUT2D eigenvalue weighted by atomic mass is 10.1. The lowest BCUT2D eigenvalue weighted by Gasteiger charge is -2.27. The third kappa shape index (κ3) is 3.71. The Hall–Kier alpha value is -2.33. The second-order valence-electron chi connectivity index (χ2n) is 4.33. The molecule has 1 rings (SSSR count). The van der Waals surface area contributed by atoms with Crippen molar-refractivity contribution in [2.24, 2.45) is 0 Å². The van der Waals surface area contributed by atoms with Gasteiger partial charge in [-0.3, -0.25) is 9.59 Å². The second kappa shape index (κ2) is 6.05. The monoisotopic (exact) mass is 346 g/mol. The third-order valence-electron chi connectivity index (χ3n) is 2.52. The van der Waals surface area contributed by atoms with Gasteiger partial charge in [0.05, 0.1) is 11.4 Å². The summed E-state index contributed by atoms with van der Waals surface area (Å²) in [5.41, 5.74) is -0.815. The molecule has 0 aliphatic heterocycles. The molecule has 0 saturated heterocycles. The van der Waals surface area contributed by atoms with E-state index in [2.05, 4.69) is 5.32 Å². The molecule has 11 heteroatoms. The normalized spacial score (nSPS) is 12.7. The molecule has 0 heterocycles. The van der Waals surface area contributed by atoms with Crippen molar-refractivity contribution < 1.29 is 40.3 Å². The number of benzene rings is 1. The van der Waals surface area contributed by atoms with Gasteiger partial charge in [-0.05, 0) is 12.1 Å². The van der Waals surface area contributed by atoms with E-state index in [1.54, 1.807) is 0 Å². The van der Waals surface area contributed by atoms with E-state index in [0.29, 0.717) is 0 Å². The molecule has 1 aromatic rings. The minimum absolute atomic E-state index is 0.250. The Morgan fingerprint density at radius 2 is 1.30 bits per heavy atom. The van der Waals surface area contributed by atoms with Crippen LogP contribution in [0.1, 0.15) is 6.92 Å². The van der Waals surface area contributed by atoms with Crippen LogP contribution in [0.3, 0.4) is 0 Å². The van der Waals surface area contributed by atoms with Crippen LogP contribution >= 0.6 is 0 Å². The predicted octanol–water partition coefficient (Wildman–Crippen LogP) is 3.42. The highest BCUT2D eigenvalue weighted by Gasteiger charge is 2.76. The summed E-state index contributed by atoms with van der Waals surface area (Å²) in [5.74, 6) is -16.2. The van der Waals surface area contributed by atoms with Crippen molar-refractivity contribution in [2.75, 3.05) is 10.6 Å². The average Bonchev–Trinajstić information content (AvgIpc) is 2.38. The number of alkyl halides is 7. The maximum Gasteiger partial charge on any atom is 0.460 e. The predicted molar refractivity (Wildman–Crippen MR) is 65.3 cm³/mol. The number of halogens is 7. The Morgan fingerprint density at radius 3 is 1.70 bits per heavy atom. The first kappa shape index (κ1) is 18.7. The Bertz CT molecular complexity index is 614. The molecule has 0 saturated carbocycles. The zero-order chi connectivity index (χ0) is 18.1. The second-order valence-corrected chi connectivity index (χ2v) is 4.33. The maximum atomic E-state index is 13.2. The summed E-state index contributed by atoms with van der Waals surface area (Å²) < 4.78 is 88.0. The maximum absolute atomic E-state index is 13.2. The molecule has 0 aromatic heterocycles. The fraction of sp³-hybridized carbons (Fsp3) is 0.333. The molecule has 0 radical (unpaired) electrons. The molecular formula is C12H9F7N2O2. The third-order valence-corrected chi connectivity index (χ3v) is 2.52. The molecule has 0 aliphatic carbocycles. The van der Waals surface area contributed by atoms with E-state index in [1.807, 2.05) is 0 Å². The Kier molecular flexibility index (Phi) is 4.92. The van der Waals surface area contributed by atoms with Crippen LogP contribution in [0.5, 0.6) is 0 Å². The van der Waals surface area contributed by atoms with Gasteiger partial charge >= 0.3 is 23.9 Å². The molecule has 0 spiro atoms. The minimum Gasteiger partial charge on any atom is -0.325 e.